The Morgan fingerprint density at radius 3 is 2.57 bits per heavy atom. The van der Waals surface area contributed by atoms with Crippen LogP contribution < -0.4 is 9.64 Å². The molecule has 1 N–H and O–H groups in total. The van der Waals surface area contributed by atoms with Crippen molar-refractivity contribution in [3.8, 4) is 28.1 Å². The number of rotatable bonds is 3. The van der Waals surface area contributed by atoms with Crippen LogP contribution in [0.1, 0.15) is 64.8 Å². The van der Waals surface area contributed by atoms with Gasteiger partial charge in [-0.25, -0.2) is 14.2 Å². The molecule has 0 spiro atoms. The van der Waals surface area contributed by atoms with Crippen LogP contribution in [0.3, 0.4) is 0 Å². The standard InChI is InChI=1S/C36H41FN4O5/c1-22-10-9-19-44-36(6)15-17-40(18-16-36)33-30(32(34(42)43)46-35(3,4)5)23(2)38-29-21-27(39-41(29)33)24-11-7-12-25(20-24)31-26(37)13-8-14-28(31)45-22/h7-14,20-22,32H,15-19H2,1-6H3,(H,42,43)/b10-9-/t22-,32-/m0/s1. The molecule has 6 bridgehead atoms. The Hall–Kier alpha value is -4.28. The van der Waals surface area contributed by atoms with Crippen molar-refractivity contribution in [1.82, 2.24) is 14.6 Å². The Bertz CT molecular complexity index is 1800. The lowest BCUT2D eigenvalue weighted by Gasteiger charge is -2.41. The maximum atomic E-state index is 15.4. The van der Waals surface area contributed by atoms with Crippen LogP contribution in [0.15, 0.2) is 60.7 Å². The van der Waals surface area contributed by atoms with Crippen LogP contribution in [0.4, 0.5) is 10.2 Å². The maximum absolute atomic E-state index is 15.4. The van der Waals surface area contributed by atoms with Crippen LogP contribution in [0.5, 0.6) is 5.75 Å². The second-order valence-electron chi connectivity index (χ2n) is 13.4. The van der Waals surface area contributed by atoms with Gasteiger partial charge in [0.15, 0.2) is 11.8 Å². The van der Waals surface area contributed by atoms with E-state index < -0.39 is 23.5 Å². The third-order valence-electron chi connectivity index (χ3n) is 8.55. The molecule has 2 aromatic heterocycles. The first-order valence-electron chi connectivity index (χ1n) is 15.7. The molecule has 1 saturated heterocycles. The molecule has 0 aliphatic carbocycles. The fourth-order valence-electron chi connectivity index (χ4n) is 6.24. The fraction of sp³-hybridized carbons (Fsp3) is 0.417. The van der Waals surface area contributed by atoms with Crippen molar-refractivity contribution >= 4 is 17.4 Å². The van der Waals surface area contributed by atoms with Gasteiger partial charge in [0.05, 0.1) is 34.6 Å². The Morgan fingerprint density at radius 2 is 1.85 bits per heavy atom. The second kappa shape index (κ2) is 12.1. The van der Waals surface area contributed by atoms with E-state index in [-0.39, 0.29) is 11.7 Å². The molecule has 0 radical (unpaired) electrons. The lowest BCUT2D eigenvalue weighted by molar-refractivity contribution is -0.160. The van der Waals surface area contributed by atoms with Crippen LogP contribution in [0, 0.1) is 12.7 Å². The smallest absolute Gasteiger partial charge is 0.337 e. The summed E-state index contributed by atoms with van der Waals surface area (Å²) in [7, 11) is 0. The molecule has 3 aliphatic heterocycles. The Morgan fingerprint density at radius 1 is 1.13 bits per heavy atom. The van der Waals surface area contributed by atoms with Gasteiger partial charge in [0.2, 0.25) is 0 Å². The largest absolute Gasteiger partial charge is 0.486 e. The second-order valence-corrected chi connectivity index (χ2v) is 13.4. The average Bonchev–Trinajstić information content (AvgIpc) is 3.41. The number of aliphatic carboxylic acids is 1. The number of carbonyl (C=O) groups is 1. The molecule has 242 valence electrons. The number of halogens is 1. The maximum Gasteiger partial charge on any atom is 0.337 e. The Labute approximate surface area is 268 Å². The third kappa shape index (κ3) is 6.37. The molecule has 1 fully saturated rings. The minimum atomic E-state index is -1.26. The van der Waals surface area contributed by atoms with Gasteiger partial charge in [0.1, 0.15) is 23.5 Å². The topological polar surface area (TPSA) is 98.4 Å². The minimum absolute atomic E-state index is 0.315. The van der Waals surface area contributed by atoms with Crippen LogP contribution in [-0.4, -0.2) is 62.7 Å². The van der Waals surface area contributed by atoms with Gasteiger partial charge in [0.25, 0.3) is 0 Å². The normalized spacial score (nSPS) is 21.6. The van der Waals surface area contributed by atoms with Crippen molar-refractivity contribution in [2.75, 3.05) is 24.6 Å². The first-order chi connectivity index (χ1) is 21.8. The highest BCUT2D eigenvalue weighted by atomic mass is 19.1. The van der Waals surface area contributed by atoms with Crippen LogP contribution >= 0.6 is 0 Å². The molecule has 46 heavy (non-hydrogen) atoms. The SMILES string of the molecule is Cc1nc2cc3nn2c(c1[C@H](OC(C)(C)C)C(=O)O)N1CCC(C)(CC1)OC/C=C\[C@H](C)Oc1cccc(F)c1-c1cccc-3c1. The first kappa shape index (κ1) is 31.7. The summed E-state index contributed by atoms with van der Waals surface area (Å²) < 4.78 is 35.9. The summed E-state index contributed by atoms with van der Waals surface area (Å²) in [5.74, 6) is -0.417. The van der Waals surface area contributed by atoms with Gasteiger partial charge in [-0.05, 0) is 84.2 Å². The first-order valence-corrected chi connectivity index (χ1v) is 15.7. The van der Waals surface area contributed by atoms with E-state index >= 15 is 4.39 Å². The molecule has 2 aromatic carbocycles. The van der Waals surface area contributed by atoms with Gasteiger partial charge in [-0.1, -0.05) is 30.3 Å². The summed E-state index contributed by atoms with van der Waals surface area (Å²) >= 11 is 0. The molecule has 9 nitrogen and oxygen atoms in total. The summed E-state index contributed by atoms with van der Waals surface area (Å²) in [4.78, 5) is 19.8. The van der Waals surface area contributed by atoms with Crippen molar-refractivity contribution in [1.29, 1.82) is 0 Å². The molecule has 0 saturated carbocycles. The zero-order valence-electron chi connectivity index (χ0n) is 27.2. The lowest BCUT2D eigenvalue weighted by atomic mass is 9.92. The number of aromatic nitrogens is 3. The van der Waals surface area contributed by atoms with Crippen molar-refractivity contribution in [2.24, 2.45) is 0 Å². The molecule has 0 unspecified atom stereocenters. The van der Waals surface area contributed by atoms with Crippen molar-refractivity contribution < 1.29 is 28.5 Å². The molecule has 10 heteroatoms. The molecule has 2 atom stereocenters. The van der Waals surface area contributed by atoms with E-state index in [1.54, 1.807) is 16.6 Å². The summed E-state index contributed by atoms with van der Waals surface area (Å²) in [5.41, 5.74) is 2.87. The van der Waals surface area contributed by atoms with Gasteiger partial charge in [-0.2, -0.15) is 9.61 Å². The van der Waals surface area contributed by atoms with E-state index in [1.807, 2.05) is 77.1 Å². The molecular formula is C36H41FN4O5. The Balaban J connectivity index is 1.57. The number of hydrogen-bond acceptors (Lipinski definition) is 7. The van der Waals surface area contributed by atoms with E-state index in [2.05, 4.69) is 11.8 Å². The number of nitrogens with zero attached hydrogens (tertiary/aromatic N) is 4. The average molecular weight is 629 g/mol. The van der Waals surface area contributed by atoms with Gasteiger partial charge < -0.3 is 24.2 Å². The van der Waals surface area contributed by atoms with E-state index in [1.165, 1.54) is 6.07 Å². The quantitative estimate of drug-likeness (QED) is 0.239. The van der Waals surface area contributed by atoms with Gasteiger partial charge in [-0.15, -0.1) is 0 Å². The van der Waals surface area contributed by atoms with Crippen molar-refractivity contribution in [2.45, 2.75) is 77.8 Å². The van der Waals surface area contributed by atoms with Crippen LogP contribution in [0.2, 0.25) is 0 Å². The van der Waals surface area contributed by atoms with E-state index in [0.29, 0.717) is 65.0 Å². The van der Waals surface area contributed by atoms with Crippen molar-refractivity contribution in [3.05, 3.63) is 77.8 Å². The van der Waals surface area contributed by atoms with E-state index in [0.717, 1.165) is 18.4 Å². The number of benzene rings is 2. The zero-order chi connectivity index (χ0) is 32.8. The van der Waals surface area contributed by atoms with Crippen LogP contribution in [-0.2, 0) is 14.3 Å². The number of carboxylic acid groups (broad SMARTS) is 1. The molecule has 4 aromatic rings. The number of anilines is 1. The lowest BCUT2D eigenvalue weighted by Crippen LogP contribution is -2.45. The zero-order valence-corrected chi connectivity index (χ0v) is 27.2. The van der Waals surface area contributed by atoms with E-state index in [9.17, 15) is 9.90 Å². The molecule has 5 heterocycles. The molecule has 7 rings (SSSR count). The number of carboxylic acids is 1. The number of hydrogen-bond donors (Lipinski definition) is 1. The number of fused-ring (bicyclic) bond motifs is 6. The summed E-state index contributed by atoms with van der Waals surface area (Å²) in [5, 5.41) is 15.4. The predicted octanol–water partition coefficient (Wildman–Crippen LogP) is 7.16. The highest BCUT2D eigenvalue weighted by molar-refractivity contribution is 5.80. The van der Waals surface area contributed by atoms with Crippen molar-refractivity contribution in [3.63, 3.8) is 0 Å². The highest BCUT2D eigenvalue weighted by Crippen LogP contribution is 2.39. The van der Waals surface area contributed by atoms with E-state index in [4.69, 9.17) is 24.3 Å². The third-order valence-corrected chi connectivity index (χ3v) is 8.55. The fourth-order valence-corrected chi connectivity index (χ4v) is 6.24. The monoisotopic (exact) mass is 628 g/mol. The van der Waals surface area contributed by atoms with Gasteiger partial charge in [0, 0.05) is 30.4 Å². The predicted molar refractivity (Wildman–Crippen MR) is 175 cm³/mol. The molecule has 0 amide bonds. The minimum Gasteiger partial charge on any atom is -0.486 e. The molecule has 3 aliphatic rings. The summed E-state index contributed by atoms with van der Waals surface area (Å²) in [6.45, 7) is 13.0. The van der Waals surface area contributed by atoms with Gasteiger partial charge >= 0.3 is 5.97 Å². The summed E-state index contributed by atoms with van der Waals surface area (Å²) in [6.07, 6.45) is 3.72. The summed E-state index contributed by atoms with van der Waals surface area (Å²) in [6, 6.07) is 14.2. The van der Waals surface area contributed by atoms with Gasteiger partial charge in [-0.3, -0.25) is 0 Å². The molecular weight excluding hydrogens is 587 g/mol. The number of ether oxygens (including phenoxy) is 3. The Kier molecular flexibility index (Phi) is 8.37. The number of aryl methyl sites for hydroxylation is 1. The number of piperidine rings is 1. The van der Waals surface area contributed by atoms with Crippen LogP contribution in [0.25, 0.3) is 28.0 Å². The highest BCUT2D eigenvalue weighted by Gasteiger charge is 2.37.